The molecule has 4 nitrogen and oxygen atoms in total. The third-order valence-electron chi connectivity index (χ3n) is 4.65. The Morgan fingerprint density at radius 3 is 2.43 bits per heavy atom. The second kappa shape index (κ2) is 6.02. The first-order valence-corrected chi connectivity index (χ1v) is 7.73. The molecule has 1 aromatic rings. The lowest BCUT2D eigenvalue weighted by molar-refractivity contribution is 0.0644. The highest BCUT2D eigenvalue weighted by Crippen LogP contribution is 2.22. The summed E-state index contributed by atoms with van der Waals surface area (Å²) in [7, 11) is 0. The average molecular weight is 291 g/mol. The second-order valence-electron chi connectivity index (χ2n) is 6.00. The number of piperidine rings is 1. The van der Waals surface area contributed by atoms with Gasteiger partial charge in [0.05, 0.1) is 5.69 Å². The Bertz CT molecular complexity index is 520. The van der Waals surface area contributed by atoms with Gasteiger partial charge < -0.3 is 15.5 Å². The molecule has 0 unspecified atom stereocenters. The van der Waals surface area contributed by atoms with Gasteiger partial charge in [-0.15, -0.1) is 0 Å². The molecule has 0 saturated carbocycles. The predicted molar refractivity (Wildman–Crippen MR) is 80.5 cm³/mol. The van der Waals surface area contributed by atoms with Crippen LogP contribution in [0.2, 0.25) is 0 Å². The van der Waals surface area contributed by atoms with Crippen LogP contribution in [0.1, 0.15) is 36.0 Å². The lowest BCUT2D eigenvalue weighted by atomic mass is 10.0. The minimum absolute atomic E-state index is 0.0350. The lowest BCUT2D eigenvalue weighted by Gasteiger charge is -2.36. The Morgan fingerprint density at radius 2 is 1.81 bits per heavy atom. The summed E-state index contributed by atoms with van der Waals surface area (Å²) in [6.07, 6.45) is 4.66. The van der Waals surface area contributed by atoms with Gasteiger partial charge in [0.25, 0.3) is 5.91 Å². The van der Waals surface area contributed by atoms with E-state index >= 15 is 0 Å². The van der Waals surface area contributed by atoms with E-state index in [4.69, 9.17) is 5.73 Å². The van der Waals surface area contributed by atoms with Crippen LogP contribution in [0, 0.1) is 5.82 Å². The highest BCUT2D eigenvalue weighted by atomic mass is 19.1. The molecule has 2 heterocycles. The fourth-order valence-corrected chi connectivity index (χ4v) is 3.40. The minimum Gasteiger partial charge on any atom is -0.396 e. The first-order chi connectivity index (χ1) is 10.1. The number of rotatable bonds is 2. The van der Waals surface area contributed by atoms with Gasteiger partial charge in [-0.05, 0) is 57.0 Å². The largest absolute Gasteiger partial charge is 0.396 e. The molecule has 3 rings (SSSR count). The standard InChI is InChI=1S/C16H22FN3O/c17-14-4-3-12(11-15(14)18)16(21)20-9-5-13(6-10-20)19-7-1-2-8-19/h3-4,11,13H,1-2,5-10,18H2. The predicted octanol–water partition coefficient (Wildman–Crippen LogP) is 2.11. The quantitative estimate of drug-likeness (QED) is 0.849. The summed E-state index contributed by atoms with van der Waals surface area (Å²) in [5, 5.41) is 0. The Balaban J connectivity index is 1.60. The molecule has 2 saturated heterocycles. The fraction of sp³-hybridized carbons (Fsp3) is 0.562. The fourth-order valence-electron chi connectivity index (χ4n) is 3.40. The molecule has 21 heavy (non-hydrogen) atoms. The Kier molecular flexibility index (Phi) is 4.10. The van der Waals surface area contributed by atoms with Crippen LogP contribution in [0.3, 0.4) is 0 Å². The number of anilines is 1. The zero-order valence-electron chi connectivity index (χ0n) is 12.2. The van der Waals surface area contributed by atoms with Crippen LogP contribution in [-0.4, -0.2) is 47.9 Å². The molecular formula is C16H22FN3O. The highest BCUT2D eigenvalue weighted by molar-refractivity contribution is 5.95. The summed E-state index contributed by atoms with van der Waals surface area (Å²) in [6.45, 7) is 3.95. The number of likely N-dealkylation sites (tertiary alicyclic amines) is 2. The Hall–Kier alpha value is -1.62. The molecular weight excluding hydrogens is 269 g/mol. The van der Waals surface area contributed by atoms with Gasteiger partial charge in [0.15, 0.2) is 0 Å². The van der Waals surface area contributed by atoms with Crippen LogP contribution < -0.4 is 5.73 Å². The van der Waals surface area contributed by atoms with E-state index in [2.05, 4.69) is 4.90 Å². The van der Waals surface area contributed by atoms with Gasteiger partial charge in [-0.25, -0.2) is 4.39 Å². The monoisotopic (exact) mass is 291 g/mol. The smallest absolute Gasteiger partial charge is 0.253 e. The number of amides is 1. The molecule has 2 fully saturated rings. The van der Waals surface area contributed by atoms with Crippen molar-refractivity contribution in [3.05, 3.63) is 29.6 Å². The number of nitrogens with two attached hydrogens (primary N) is 1. The number of hydrogen-bond donors (Lipinski definition) is 1. The zero-order chi connectivity index (χ0) is 14.8. The van der Waals surface area contributed by atoms with Crippen molar-refractivity contribution in [1.82, 2.24) is 9.80 Å². The van der Waals surface area contributed by atoms with E-state index < -0.39 is 5.82 Å². The maximum Gasteiger partial charge on any atom is 0.253 e. The summed E-state index contributed by atoms with van der Waals surface area (Å²) in [6, 6.07) is 4.83. The van der Waals surface area contributed by atoms with E-state index in [1.165, 1.54) is 44.1 Å². The van der Waals surface area contributed by atoms with Crippen molar-refractivity contribution in [3.63, 3.8) is 0 Å². The average Bonchev–Trinajstić information content (AvgIpc) is 3.04. The topological polar surface area (TPSA) is 49.6 Å². The van der Waals surface area contributed by atoms with E-state index in [9.17, 15) is 9.18 Å². The first-order valence-electron chi connectivity index (χ1n) is 7.73. The van der Waals surface area contributed by atoms with E-state index in [1.807, 2.05) is 4.90 Å². The minimum atomic E-state index is -0.473. The van der Waals surface area contributed by atoms with Crippen molar-refractivity contribution in [3.8, 4) is 0 Å². The van der Waals surface area contributed by atoms with E-state index in [0.717, 1.165) is 25.9 Å². The van der Waals surface area contributed by atoms with Gasteiger partial charge in [-0.3, -0.25) is 4.79 Å². The summed E-state index contributed by atoms with van der Waals surface area (Å²) >= 11 is 0. The lowest BCUT2D eigenvalue weighted by Crippen LogP contribution is -2.45. The summed E-state index contributed by atoms with van der Waals surface area (Å²) in [4.78, 5) is 16.8. The maximum absolute atomic E-state index is 13.2. The zero-order valence-corrected chi connectivity index (χ0v) is 12.2. The first kappa shape index (κ1) is 14.3. The number of benzene rings is 1. The van der Waals surface area contributed by atoms with Gasteiger partial charge in [-0.1, -0.05) is 0 Å². The summed E-state index contributed by atoms with van der Waals surface area (Å²) in [5.41, 5.74) is 6.06. The number of hydrogen-bond acceptors (Lipinski definition) is 3. The van der Waals surface area contributed by atoms with Crippen LogP contribution in [0.4, 0.5) is 10.1 Å². The van der Waals surface area contributed by atoms with Crippen molar-refractivity contribution < 1.29 is 9.18 Å². The summed E-state index contributed by atoms with van der Waals surface area (Å²) < 4.78 is 13.2. The number of carbonyl (C=O) groups excluding carboxylic acids is 1. The van der Waals surface area contributed by atoms with Gasteiger partial charge in [0, 0.05) is 24.7 Å². The van der Waals surface area contributed by atoms with Gasteiger partial charge in [-0.2, -0.15) is 0 Å². The highest BCUT2D eigenvalue weighted by Gasteiger charge is 2.28. The van der Waals surface area contributed by atoms with Crippen molar-refractivity contribution in [1.29, 1.82) is 0 Å². The van der Waals surface area contributed by atoms with Crippen LogP contribution in [-0.2, 0) is 0 Å². The Morgan fingerprint density at radius 1 is 1.14 bits per heavy atom. The van der Waals surface area contributed by atoms with Crippen LogP contribution in [0.5, 0.6) is 0 Å². The Labute approximate surface area is 124 Å². The third-order valence-corrected chi connectivity index (χ3v) is 4.65. The van der Waals surface area contributed by atoms with E-state index in [-0.39, 0.29) is 11.6 Å². The third kappa shape index (κ3) is 3.02. The van der Waals surface area contributed by atoms with Gasteiger partial charge >= 0.3 is 0 Å². The number of halogens is 1. The molecule has 2 N–H and O–H groups in total. The molecule has 5 heteroatoms. The van der Waals surface area contributed by atoms with E-state index in [1.54, 1.807) is 0 Å². The number of nitrogens with zero attached hydrogens (tertiary/aromatic N) is 2. The molecule has 2 aliphatic heterocycles. The molecule has 114 valence electrons. The molecule has 0 atom stereocenters. The van der Waals surface area contributed by atoms with Crippen molar-refractivity contribution in [2.75, 3.05) is 31.9 Å². The number of carbonyl (C=O) groups is 1. The molecule has 0 spiro atoms. The van der Waals surface area contributed by atoms with Crippen LogP contribution in [0.15, 0.2) is 18.2 Å². The van der Waals surface area contributed by atoms with Gasteiger partial charge in [0.2, 0.25) is 0 Å². The van der Waals surface area contributed by atoms with E-state index in [0.29, 0.717) is 11.6 Å². The van der Waals surface area contributed by atoms with Crippen molar-refractivity contribution in [2.24, 2.45) is 0 Å². The molecule has 1 amide bonds. The summed E-state index contributed by atoms with van der Waals surface area (Å²) in [5.74, 6) is -0.513. The molecule has 2 aliphatic rings. The molecule has 0 radical (unpaired) electrons. The second-order valence-corrected chi connectivity index (χ2v) is 6.00. The molecule has 0 aliphatic carbocycles. The van der Waals surface area contributed by atoms with Crippen LogP contribution in [0.25, 0.3) is 0 Å². The molecule has 0 aromatic heterocycles. The number of nitrogen functional groups attached to an aromatic ring is 1. The van der Waals surface area contributed by atoms with Crippen LogP contribution >= 0.6 is 0 Å². The van der Waals surface area contributed by atoms with Crippen molar-refractivity contribution >= 4 is 11.6 Å². The van der Waals surface area contributed by atoms with Crippen molar-refractivity contribution in [2.45, 2.75) is 31.7 Å². The normalized spacial score (nSPS) is 20.9. The SMILES string of the molecule is Nc1cc(C(=O)N2CCC(N3CCCC3)CC2)ccc1F. The maximum atomic E-state index is 13.2. The molecule has 1 aromatic carbocycles. The molecule has 0 bridgehead atoms. The van der Waals surface area contributed by atoms with Gasteiger partial charge in [0.1, 0.15) is 5.82 Å².